The van der Waals surface area contributed by atoms with Crippen molar-refractivity contribution in [3.8, 4) is 0 Å². The Balaban J connectivity index is 1.57. The maximum Gasteiger partial charge on any atom is 0.270 e. The van der Waals surface area contributed by atoms with Gasteiger partial charge in [0.05, 0.1) is 6.04 Å². The van der Waals surface area contributed by atoms with Crippen LogP contribution in [0.4, 0.5) is 0 Å². The van der Waals surface area contributed by atoms with Gasteiger partial charge in [-0.2, -0.15) is 0 Å². The molecular weight excluding hydrogens is 532 g/mol. The number of nitrogens with zero attached hydrogens (tertiary/aromatic N) is 1. The molecule has 5 N–H and O–H groups in total. The van der Waals surface area contributed by atoms with Crippen LogP contribution in [0.2, 0.25) is 0 Å². The Labute approximate surface area is 235 Å². The van der Waals surface area contributed by atoms with Crippen molar-refractivity contribution in [3.05, 3.63) is 86.2 Å². The first-order valence-electron chi connectivity index (χ1n) is 13.2. The number of hydrogen-bond acceptors (Lipinski definition) is 7. The fraction of sp³-hybridized carbons (Fsp3) is 0.357. The topological polar surface area (TPSA) is 162 Å². The highest BCUT2D eigenvalue weighted by molar-refractivity contribution is 7.09. The molecular formula is C28H32N6O5S. The summed E-state index contributed by atoms with van der Waals surface area (Å²) in [5.41, 5.74) is 0.838. The van der Waals surface area contributed by atoms with Gasteiger partial charge in [-0.3, -0.25) is 24.0 Å². The summed E-state index contributed by atoms with van der Waals surface area (Å²) in [7, 11) is 0. The molecule has 0 unspecified atom stereocenters. The number of pyridine rings is 1. The van der Waals surface area contributed by atoms with E-state index in [0.717, 1.165) is 5.56 Å². The highest BCUT2D eigenvalue weighted by atomic mass is 32.1. The number of rotatable bonds is 5. The second-order valence-corrected chi connectivity index (χ2v) is 10.4. The summed E-state index contributed by atoms with van der Waals surface area (Å²) in [6, 6.07) is 11.4. The molecule has 0 spiro atoms. The molecule has 1 aromatic carbocycles. The molecule has 0 radical (unpaired) electrons. The Morgan fingerprint density at radius 2 is 1.75 bits per heavy atom. The lowest BCUT2D eigenvalue weighted by Crippen LogP contribution is -2.54. The highest BCUT2D eigenvalue weighted by Crippen LogP contribution is 2.23. The zero-order valence-corrected chi connectivity index (χ0v) is 22.9. The summed E-state index contributed by atoms with van der Waals surface area (Å²) in [6.07, 6.45) is 2.08. The molecule has 3 aromatic rings. The number of carbonyl (C=O) groups excluding carboxylic acids is 4. The Kier molecular flexibility index (Phi) is 9.79. The number of carbonyl (C=O) groups is 4. The van der Waals surface area contributed by atoms with E-state index < -0.39 is 41.4 Å². The monoisotopic (exact) mass is 564 g/mol. The second kappa shape index (κ2) is 13.7. The third kappa shape index (κ3) is 7.63. The van der Waals surface area contributed by atoms with Crippen LogP contribution in [-0.2, 0) is 16.0 Å². The molecule has 2 bridgehead atoms. The van der Waals surface area contributed by atoms with E-state index in [4.69, 9.17) is 0 Å². The lowest BCUT2D eigenvalue weighted by atomic mass is 10.0. The Hall–Kier alpha value is -4.32. The number of benzene rings is 1. The molecule has 2 aromatic heterocycles. The van der Waals surface area contributed by atoms with Gasteiger partial charge >= 0.3 is 0 Å². The van der Waals surface area contributed by atoms with Gasteiger partial charge in [0.2, 0.25) is 17.4 Å². The number of fused-ring (bicyclic) bond motifs is 2. The van der Waals surface area contributed by atoms with Gasteiger partial charge < -0.3 is 26.3 Å². The second-order valence-electron chi connectivity index (χ2n) is 9.50. The largest absolute Gasteiger partial charge is 0.351 e. The predicted octanol–water partition coefficient (Wildman–Crippen LogP) is 1.84. The van der Waals surface area contributed by atoms with Crippen molar-refractivity contribution in [1.82, 2.24) is 31.2 Å². The fourth-order valence-electron chi connectivity index (χ4n) is 4.35. The number of thiazole rings is 1. The molecule has 12 heteroatoms. The van der Waals surface area contributed by atoms with Crippen LogP contribution >= 0.6 is 11.3 Å². The summed E-state index contributed by atoms with van der Waals surface area (Å²) in [5, 5.41) is 13.6. The highest BCUT2D eigenvalue weighted by Gasteiger charge is 2.29. The van der Waals surface area contributed by atoms with Crippen LogP contribution in [0.3, 0.4) is 0 Å². The van der Waals surface area contributed by atoms with E-state index in [1.807, 2.05) is 30.3 Å². The normalized spacial score (nSPS) is 20.6. The Morgan fingerprint density at radius 3 is 2.50 bits per heavy atom. The molecule has 3 heterocycles. The number of amides is 4. The standard InChI is InChI=1S/C28H32N6O5S/c1-2-18-25(37)33-21(15-17-9-4-3-5-10-17)28-34-22(16-40-28)24(36)29-14-7-6-11-20(27(39)31-18)32-26(38)19-12-8-13-23(35)30-19/h3-5,8-10,12-13,16,18,20-21H,2,6-7,11,14-15H2,1H3,(H,29,36)(H,30,35)(H,31,39)(H,32,38)(H,33,37)/t18-,20+,21+/m1/s1. The van der Waals surface area contributed by atoms with Crippen molar-refractivity contribution < 1.29 is 19.2 Å². The third-order valence-corrected chi connectivity index (χ3v) is 7.49. The first kappa shape index (κ1) is 28.7. The zero-order chi connectivity index (χ0) is 28.5. The van der Waals surface area contributed by atoms with Crippen molar-refractivity contribution >= 4 is 35.0 Å². The summed E-state index contributed by atoms with van der Waals surface area (Å²) in [5.74, 6) is -1.84. The first-order valence-corrected chi connectivity index (χ1v) is 14.1. The number of hydrogen-bond donors (Lipinski definition) is 5. The van der Waals surface area contributed by atoms with E-state index in [1.54, 1.807) is 12.3 Å². The number of aromatic nitrogens is 2. The molecule has 1 aliphatic heterocycles. The predicted molar refractivity (Wildman–Crippen MR) is 150 cm³/mol. The summed E-state index contributed by atoms with van der Waals surface area (Å²) >= 11 is 1.29. The molecule has 4 amide bonds. The van der Waals surface area contributed by atoms with Gasteiger partial charge in [0, 0.05) is 18.0 Å². The Bertz CT molecular complexity index is 1410. The van der Waals surface area contributed by atoms with E-state index in [1.165, 1.54) is 29.5 Å². The maximum atomic E-state index is 13.4. The van der Waals surface area contributed by atoms with E-state index >= 15 is 0 Å². The van der Waals surface area contributed by atoms with Crippen molar-refractivity contribution in [3.63, 3.8) is 0 Å². The molecule has 0 saturated heterocycles. The molecule has 40 heavy (non-hydrogen) atoms. The number of nitrogens with one attached hydrogen (secondary N) is 5. The molecule has 0 fully saturated rings. The minimum Gasteiger partial charge on any atom is -0.351 e. The van der Waals surface area contributed by atoms with Crippen molar-refractivity contribution in [2.24, 2.45) is 0 Å². The molecule has 0 saturated carbocycles. The van der Waals surface area contributed by atoms with Crippen LogP contribution < -0.4 is 26.8 Å². The molecule has 4 rings (SSSR count). The van der Waals surface area contributed by atoms with Gasteiger partial charge in [-0.25, -0.2) is 4.98 Å². The van der Waals surface area contributed by atoms with Crippen LogP contribution in [0.25, 0.3) is 0 Å². The van der Waals surface area contributed by atoms with Crippen molar-refractivity contribution in [1.29, 1.82) is 0 Å². The van der Waals surface area contributed by atoms with E-state index in [-0.39, 0.29) is 23.7 Å². The minimum atomic E-state index is -0.958. The molecule has 11 nitrogen and oxygen atoms in total. The lowest BCUT2D eigenvalue weighted by Gasteiger charge is -2.25. The molecule has 3 atom stereocenters. The van der Waals surface area contributed by atoms with Crippen molar-refractivity contribution in [2.75, 3.05) is 6.54 Å². The number of H-pyrrole nitrogens is 1. The average Bonchev–Trinajstić information content (AvgIpc) is 3.45. The van der Waals surface area contributed by atoms with Crippen LogP contribution in [0, 0.1) is 0 Å². The summed E-state index contributed by atoms with van der Waals surface area (Å²) in [4.78, 5) is 70.8. The summed E-state index contributed by atoms with van der Waals surface area (Å²) in [6.45, 7) is 2.14. The maximum absolute atomic E-state index is 13.4. The SMILES string of the molecule is CC[C@H]1NC(=O)[C@@H](NC(=O)c2cccc(=O)[nH]2)CCCCNC(=O)c2csc(n2)[C@H](Cc2ccccc2)NC1=O. The van der Waals surface area contributed by atoms with Crippen LogP contribution in [-0.4, -0.2) is 52.2 Å². The van der Waals surface area contributed by atoms with Gasteiger partial charge in [0.1, 0.15) is 28.5 Å². The van der Waals surface area contributed by atoms with Crippen LogP contribution in [0.15, 0.2) is 58.7 Å². The minimum absolute atomic E-state index is 0.0234. The first-order chi connectivity index (χ1) is 19.3. The van der Waals surface area contributed by atoms with Crippen molar-refractivity contribution in [2.45, 2.75) is 57.2 Å². The fourth-order valence-corrected chi connectivity index (χ4v) is 5.20. The number of aromatic amines is 1. The van der Waals surface area contributed by atoms with Gasteiger partial charge in [-0.1, -0.05) is 43.3 Å². The Morgan fingerprint density at radius 1 is 0.975 bits per heavy atom. The molecule has 1 aliphatic rings. The molecule has 0 aliphatic carbocycles. The van der Waals surface area contributed by atoms with Crippen LogP contribution in [0.1, 0.15) is 70.2 Å². The quantitative estimate of drug-likeness (QED) is 0.318. The van der Waals surface area contributed by atoms with Gasteiger partial charge in [0.15, 0.2) is 0 Å². The molecule has 210 valence electrons. The van der Waals surface area contributed by atoms with E-state index in [0.29, 0.717) is 37.2 Å². The van der Waals surface area contributed by atoms with Crippen LogP contribution in [0.5, 0.6) is 0 Å². The van der Waals surface area contributed by atoms with E-state index in [9.17, 15) is 24.0 Å². The van der Waals surface area contributed by atoms with Gasteiger partial charge in [-0.15, -0.1) is 11.3 Å². The summed E-state index contributed by atoms with van der Waals surface area (Å²) < 4.78 is 0. The van der Waals surface area contributed by atoms with Gasteiger partial charge in [0.25, 0.3) is 11.8 Å². The third-order valence-electron chi connectivity index (χ3n) is 6.53. The smallest absolute Gasteiger partial charge is 0.270 e. The zero-order valence-electron chi connectivity index (χ0n) is 22.1. The van der Waals surface area contributed by atoms with Gasteiger partial charge in [-0.05, 0) is 43.7 Å². The lowest BCUT2D eigenvalue weighted by molar-refractivity contribution is -0.130. The van der Waals surface area contributed by atoms with E-state index in [2.05, 4.69) is 31.2 Å². The average molecular weight is 565 g/mol.